The van der Waals surface area contributed by atoms with Gasteiger partial charge in [-0.3, -0.25) is 0 Å². The van der Waals surface area contributed by atoms with Crippen molar-refractivity contribution in [2.75, 3.05) is 21.3 Å². The van der Waals surface area contributed by atoms with Gasteiger partial charge in [-0.1, -0.05) is 124 Å². The van der Waals surface area contributed by atoms with E-state index in [0.29, 0.717) is 0 Å². The Labute approximate surface area is 207 Å². The van der Waals surface area contributed by atoms with Gasteiger partial charge >= 0.3 is 0 Å². The summed E-state index contributed by atoms with van der Waals surface area (Å²) in [4.78, 5) is 0. The van der Waals surface area contributed by atoms with Crippen molar-refractivity contribution < 1.29 is 19.3 Å². The lowest BCUT2D eigenvalue weighted by atomic mass is 9.60. The smallest absolute Gasteiger partial charge is 0.290 e. The van der Waals surface area contributed by atoms with E-state index in [2.05, 4.69) is 27.7 Å². The highest BCUT2D eigenvalue weighted by molar-refractivity contribution is 5.04. The van der Waals surface area contributed by atoms with Crippen LogP contribution in [-0.4, -0.2) is 38.0 Å². The van der Waals surface area contributed by atoms with Crippen molar-refractivity contribution in [1.29, 1.82) is 0 Å². The molecule has 0 fully saturated rings. The third kappa shape index (κ3) is 9.78. The molecule has 0 aliphatic rings. The van der Waals surface area contributed by atoms with Gasteiger partial charge in [0.05, 0.1) is 11.0 Å². The van der Waals surface area contributed by atoms with Crippen LogP contribution in [-0.2, 0) is 14.2 Å². The van der Waals surface area contributed by atoms with E-state index in [1.807, 2.05) is 0 Å². The molecule has 0 saturated carbocycles. The third-order valence-corrected chi connectivity index (χ3v) is 7.77. The second-order valence-electron chi connectivity index (χ2n) is 10.2. The van der Waals surface area contributed by atoms with Crippen LogP contribution in [0, 0.1) is 5.41 Å². The first-order valence-electron chi connectivity index (χ1n) is 14.3. The Morgan fingerprint density at radius 2 is 0.788 bits per heavy atom. The number of ether oxygens (including phenoxy) is 3. The number of rotatable bonds is 24. The van der Waals surface area contributed by atoms with Gasteiger partial charge in [0, 0.05) is 21.3 Å². The number of aliphatic hydroxyl groups is 1. The highest BCUT2D eigenvalue weighted by atomic mass is 16.9. The SMILES string of the molecule is CCCCCCCCCCC(O)(CCCCCCC)C(CCC)(CCC)C(OC)(OC)OC. The van der Waals surface area contributed by atoms with Crippen molar-refractivity contribution in [3.63, 3.8) is 0 Å². The largest absolute Gasteiger partial charge is 0.389 e. The molecule has 0 amide bonds. The normalized spacial score (nSPS) is 14.5. The monoisotopic (exact) mass is 472 g/mol. The van der Waals surface area contributed by atoms with E-state index in [0.717, 1.165) is 51.4 Å². The maximum atomic E-state index is 12.5. The summed E-state index contributed by atoms with van der Waals surface area (Å²) in [5.41, 5.74) is -1.48. The molecule has 0 aromatic heterocycles. The van der Waals surface area contributed by atoms with Gasteiger partial charge in [0.25, 0.3) is 5.97 Å². The molecule has 33 heavy (non-hydrogen) atoms. The van der Waals surface area contributed by atoms with Crippen LogP contribution in [0.5, 0.6) is 0 Å². The standard InChI is InChI=1S/C29H60O4/c1-8-12-14-16-17-18-20-22-26-28(30,25-21-19-15-13-9-2)27(23-10-3,24-11-4)29(31-5,32-6)33-7/h30H,8-26H2,1-7H3. The Kier molecular flexibility index (Phi) is 19.0. The fourth-order valence-corrected chi connectivity index (χ4v) is 6.05. The molecule has 4 nitrogen and oxygen atoms in total. The lowest BCUT2D eigenvalue weighted by Crippen LogP contribution is -2.64. The van der Waals surface area contributed by atoms with Crippen molar-refractivity contribution >= 4 is 0 Å². The quantitative estimate of drug-likeness (QED) is 0.113. The Morgan fingerprint density at radius 3 is 1.09 bits per heavy atom. The molecular formula is C29H60O4. The van der Waals surface area contributed by atoms with Crippen LogP contribution >= 0.6 is 0 Å². The highest BCUT2D eigenvalue weighted by Crippen LogP contribution is 2.55. The topological polar surface area (TPSA) is 47.9 Å². The van der Waals surface area contributed by atoms with E-state index in [-0.39, 0.29) is 0 Å². The molecule has 0 aliphatic carbocycles. The molecular weight excluding hydrogens is 412 g/mol. The van der Waals surface area contributed by atoms with Gasteiger partial charge in [-0.25, -0.2) is 0 Å². The number of hydrogen-bond donors (Lipinski definition) is 1. The maximum Gasteiger partial charge on any atom is 0.290 e. The van der Waals surface area contributed by atoms with E-state index < -0.39 is 17.0 Å². The number of methoxy groups -OCH3 is 3. The van der Waals surface area contributed by atoms with E-state index in [1.54, 1.807) is 21.3 Å². The molecule has 0 spiro atoms. The summed E-state index contributed by atoms with van der Waals surface area (Å²) in [6.07, 6.45) is 21.2. The number of hydrogen-bond acceptors (Lipinski definition) is 4. The Morgan fingerprint density at radius 1 is 0.455 bits per heavy atom. The molecule has 0 rings (SSSR count). The van der Waals surface area contributed by atoms with Crippen molar-refractivity contribution in [2.45, 2.75) is 161 Å². The van der Waals surface area contributed by atoms with Crippen LogP contribution < -0.4 is 0 Å². The van der Waals surface area contributed by atoms with E-state index in [9.17, 15) is 5.11 Å². The average Bonchev–Trinajstić information content (AvgIpc) is 2.82. The number of unbranched alkanes of at least 4 members (excludes halogenated alkanes) is 11. The van der Waals surface area contributed by atoms with Gasteiger partial charge in [0.15, 0.2) is 0 Å². The lowest BCUT2D eigenvalue weighted by Gasteiger charge is -2.56. The minimum atomic E-state index is -1.24. The van der Waals surface area contributed by atoms with Gasteiger partial charge in [0.1, 0.15) is 0 Å². The first kappa shape index (κ1) is 32.8. The molecule has 200 valence electrons. The molecule has 0 saturated heterocycles. The van der Waals surface area contributed by atoms with Crippen molar-refractivity contribution in [1.82, 2.24) is 0 Å². The summed E-state index contributed by atoms with van der Waals surface area (Å²) in [7, 11) is 4.97. The third-order valence-electron chi connectivity index (χ3n) is 7.77. The first-order valence-corrected chi connectivity index (χ1v) is 14.3. The fourth-order valence-electron chi connectivity index (χ4n) is 6.05. The zero-order valence-corrected chi connectivity index (χ0v) is 23.6. The molecule has 0 radical (unpaired) electrons. The van der Waals surface area contributed by atoms with Crippen LogP contribution in [0.2, 0.25) is 0 Å². The van der Waals surface area contributed by atoms with Crippen molar-refractivity contribution in [3.8, 4) is 0 Å². The Bertz CT molecular complexity index is 421. The Balaban J connectivity index is 5.67. The molecule has 0 heterocycles. The molecule has 0 aliphatic heterocycles. The minimum Gasteiger partial charge on any atom is -0.389 e. The predicted octanol–water partition coefficient (Wildman–Crippen LogP) is 8.79. The van der Waals surface area contributed by atoms with Crippen LogP contribution in [0.15, 0.2) is 0 Å². The summed E-state index contributed by atoms with van der Waals surface area (Å²) in [6, 6.07) is 0. The summed E-state index contributed by atoms with van der Waals surface area (Å²) < 4.78 is 17.9. The molecule has 0 aromatic rings. The summed E-state index contributed by atoms with van der Waals surface area (Å²) in [5.74, 6) is -1.24. The average molecular weight is 473 g/mol. The van der Waals surface area contributed by atoms with E-state index in [1.165, 1.54) is 70.6 Å². The Hall–Kier alpha value is -0.160. The van der Waals surface area contributed by atoms with Crippen molar-refractivity contribution in [3.05, 3.63) is 0 Å². The molecule has 1 unspecified atom stereocenters. The minimum absolute atomic E-state index is 0.604. The van der Waals surface area contributed by atoms with Gasteiger partial charge in [-0.15, -0.1) is 0 Å². The second-order valence-corrected chi connectivity index (χ2v) is 10.2. The van der Waals surface area contributed by atoms with Gasteiger partial charge in [-0.05, 0) is 25.7 Å². The zero-order chi connectivity index (χ0) is 25.1. The van der Waals surface area contributed by atoms with E-state index >= 15 is 0 Å². The summed E-state index contributed by atoms with van der Waals surface area (Å²) in [5, 5.41) is 12.5. The van der Waals surface area contributed by atoms with Crippen LogP contribution in [0.4, 0.5) is 0 Å². The molecule has 1 N–H and O–H groups in total. The molecule has 1 atom stereocenters. The van der Waals surface area contributed by atoms with Gasteiger partial charge < -0.3 is 19.3 Å². The first-order chi connectivity index (χ1) is 15.9. The summed E-state index contributed by atoms with van der Waals surface area (Å²) in [6.45, 7) is 8.89. The zero-order valence-electron chi connectivity index (χ0n) is 23.6. The van der Waals surface area contributed by atoms with E-state index in [4.69, 9.17) is 14.2 Å². The maximum absolute atomic E-state index is 12.5. The summed E-state index contributed by atoms with van der Waals surface area (Å²) >= 11 is 0. The van der Waals surface area contributed by atoms with Crippen LogP contribution in [0.3, 0.4) is 0 Å². The van der Waals surface area contributed by atoms with Gasteiger partial charge in [-0.2, -0.15) is 0 Å². The molecule has 0 bridgehead atoms. The second kappa shape index (κ2) is 19.1. The molecule has 0 aromatic carbocycles. The molecule has 4 heteroatoms. The van der Waals surface area contributed by atoms with Crippen LogP contribution in [0.25, 0.3) is 0 Å². The highest BCUT2D eigenvalue weighted by Gasteiger charge is 2.63. The lowest BCUT2D eigenvalue weighted by molar-refractivity contribution is -0.435. The van der Waals surface area contributed by atoms with Crippen molar-refractivity contribution in [2.24, 2.45) is 5.41 Å². The predicted molar refractivity (Wildman–Crippen MR) is 142 cm³/mol. The fraction of sp³-hybridized carbons (Fsp3) is 1.00. The van der Waals surface area contributed by atoms with Crippen LogP contribution in [0.1, 0.15) is 150 Å². The van der Waals surface area contributed by atoms with Gasteiger partial charge in [0.2, 0.25) is 0 Å².